The summed E-state index contributed by atoms with van der Waals surface area (Å²) >= 11 is 0. The zero-order valence-corrected chi connectivity index (χ0v) is 10.6. The van der Waals surface area contributed by atoms with E-state index in [9.17, 15) is 8.42 Å². The van der Waals surface area contributed by atoms with E-state index in [-0.39, 0.29) is 5.92 Å². The molecule has 0 aromatic rings. The number of nitrogens with zero attached hydrogens (tertiary/aromatic N) is 2. The number of hydrogen-bond acceptors (Lipinski definition) is 4. The van der Waals surface area contributed by atoms with Gasteiger partial charge in [0.25, 0.3) is 0 Å². The molecule has 5 nitrogen and oxygen atoms in total. The molecule has 16 heavy (non-hydrogen) atoms. The molecule has 0 radical (unpaired) electrons. The summed E-state index contributed by atoms with van der Waals surface area (Å²) in [5.41, 5.74) is 5.62. The Morgan fingerprint density at radius 3 is 2.75 bits per heavy atom. The van der Waals surface area contributed by atoms with Crippen LogP contribution in [-0.4, -0.2) is 37.6 Å². The first-order chi connectivity index (χ1) is 7.43. The van der Waals surface area contributed by atoms with Gasteiger partial charge in [0.2, 0.25) is 10.0 Å². The third-order valence-electron chi connectivity index (χ3n) is 3.37. The highest BCUT2D eigenvalue weighted by Crippen LogP contribution is 2.25. The summed E-state index contributed by atoms with van der Waals surface area (Å²) in [6.45, 7) is 4.96. The molecule has 0 aromatic heterocycles. The van der Waals surface area contributed by atoms with Crippen molar-refractivity contribution in [2.75, 3.05) is 19.6 Å². The van der Waals surface area contributed by atoms with Crippen LogP contribution in [0.1, 0.15) is 20.3 Å². The maximum Gasteiger partial charge on any atom is 0.230 e. The highest BCUT2D eigenvalue weighted by Gasteiger charge is 2.35. The summed E-state index contributed by atoms with van der Waals surface area (Å²) in [6.07, 6.45) is 0.819. The minimum absolute atomic E-state index is 0.203. The van der Waals surface area contributed by atoms with Gasteiger partial charge in [0.15, 0.2) is 5.25 Å². The molecule has 3 unspecified atom stereocenters. The van der Waals surface area contributed by atoms with E-state index in [1.165, 1.54) is 11.2 Å². The molecular formula is C10H19N3O2S. The molecule has 3 atom stereocenters. The molecule has 1 aliphatic rings. The first-order valence-corrected chi connectivity index (χ1v) is 7.02. The van der Waals surface area contributed by atoms with Crippen LogP contribution in [0.5, 0.6) is 0 Å². The molecule has 1 rings (SSSR count). The molecule has 0 amide bonds. The van der Waals surface area contributed by atoms with Crippen LogP contribution in [0.3, 0.4) is 0 Å². The van der Waals surface area contributed by atoms with Crippen LogP contribution in [0.15, 0.2) is 0 Å². The van der Waals surface area contributed by atoms with Crippen LogP contribution in [0.4, 0.5) is 0 Å². The van der Waals surface area contributed by atoms with Crippen LogP contribution in [0.25, 0.3) is 0 Å². The number of sulfonamides is 1. The minimum atomic E-state index is -3.46. The summed E-state index contributed by atoms with van der Waals surface area (Å²) in [6, 6.07) is 1.79. The lowest BCUT2D eigenvalue weighted by Crippen LogP contribution is -2.47. The third-order valence-corrected chi connectivity index (χ3v) is 5.42. The Kier molecular flexibility index (Phi) is 4.30. The maximum absolute atomic E-state index is 11.9. The van der Waals surface area contributed by atoms with E-state index in [1.807, 2.05) is 0 Å². The van der Waals surface area contributed by atoms with Gasteiger partial charge < -0.3 is 5.73 Å². The Morgan fingerprint density at radius 1 is 1.62 bits per heavy atom. The third kappa shape index (κ3) is 2.54. The molecule has 0 aliphatic carbocycles. The van der Waals surface area contributed by atoms with Crippen molar-refractivity contribution in [3.8, 4) is 6.07 Å². The standard InChI is InChI=1S/C10H19N3O2S/c1-8-3-4-13(7-10(8)6-12)16(14,15)9(2)5-11/h8-10H,3-4,6-7,12H2,1-2H3. The predicted molar refractivity (Wildman–Crippen MR) is 61.9 cm³/mol. The van der Waals surface area contributed by atoms with Gasteiger partial charge in [-0.3, -0.25) is 0 Å². The molecule has 0 spiro atoms. The van der Waals surface area contributed by atoms with Crippen molar-refractivity contribution in [2.45, 2.75) is 25.5 Å². The average molecular weight is 245 g/mol. The lowest BCUT2D eigenvalue weighted by atomic mass is 9.88. The number of nitrogens with two attached hydrogens (primary N) is 1. The Labute approximate surface area is 97.3 Å². The van der Waals surface area contributed by atoms with Crippen molar-refractivity contribution in [2.24, 2.45) is 17.6 Å². The molecule has 1 saturated heterocycles. The van der Waals surface area contributed by atoms with Crippen molar-refractivity contribution in [1.29, 1.82) is 5.26 Å². The first kappa shape index (κ1) is 13.4. The monoisotopic (exact) mass is 245 g/mol. The Hall–Kier alpha value is -0.640. The van der Waals surface area contributed by atoms with Gasteiger partial charge >= 0.3 is 0 Å². The Morgan fingerprint density at radius 2 is 2.25 bits per heavy atom. The van der Waals surface area contributed by atoms with Gasteiger partial charge in [-0.15, -0.1) is 0 Å². The van der Waals surface area contributed by atoms with Crippen molar-refractivity contribution >= 4 is 10.0 Å². The predicted octanol–water partition coefficient (Wildman–Crippen LogP) is 0.145. The molecule has 0 bridgehead atoms. The maximum atomic E-state index is 11.9. The van der Waals surface area contributed by atoms with Crippen molar-refractivity contribution in [3.05, 3.63) is 0 Å². The molecule has 2 N–H and O–H groups in total. The average Bonchev–Trinajstić information content (AvgIpc) is 2.28. The number of hydrogen-bond donors (Lipinski definition) is 1. The van der Waals surface area contributed by atoms with Crippen LogP contribution in [-0.2, 0) is 10.0 Å². The van der Waals surface area contributed by atoms with E-state index in [4.69, 9.17) is 11.0 Å². The topological polar surface area (TPSA) is 87.2 Å². The summed E-state index contributed by atoms with van der Waals surface area (Å²) in [5, 5.41) is 7.72. The highest BCUT2D eigenvalue weighted by molar-refractivity contribution is 7.89. The molecular weight excluding hydrogens is 226 g/mol. The summed E-state index contributed by atoms with van der Waals surface area (Å²) in [5.74, 6) is 0.656. The molecule has 1 aliphatic heterocycles. The highest BCUT2D eigenvalue weighted by atomic mass is 32.2. The number of nitriles is 1. The smallest absolute Gasteiger partial charge is 0.230 e. The van der Waals surface area contributed by atoms with Gasteiger partial charge in [0.1, 0.15) is 0 Å². The van der Waals surface area contributed by atoms with E-state index in [0.717, 1.165) is 6.42 Å². The minimum Gasteiger partial charge on any atom is -0.330 e. The summed E-state index contributed by atoms with van der Waals surface area (Å²) in [7, 11) is -3.46. The van der Waals surface area contributed by atoms with Gasteiger partial charge in [0, 0.05) is 13.1 Å². The van der Waals surface area contributed by atoms with Gasteiger partial charge in [0.05, 0.1) is 6.07 Å². The van der Waals surface area contributed by atoms with E-state index in [0.29, 0.717) is 25.6 Å². The number of rotatable bonds is 3. The second-order valence-electron chi connectivity index (χ2n) is 4.44. The fraction of sp³-hybridized carbons (Fsp3) is 0.900. The summed E-state index contributed by atoms with van der Waals surface area (Å²) < 4.78 is 25.3. The molecule has 6 heteroatoms. The quantitative estimate of drug-likeness (QED) is 0.766. The zero-order valence-electron chi connectivity index (χ0n) is 9.76. The number of piperidine rings is 1. The van der Waals surface area contributed by atoms with Gasteiger partial charge in [-0.05, 0) is 31.7 Å². The van der Waals surface area contributed by atoms with Crippen LogP contribution in [0, 0.1) is 23.2 Å². The molecule has 0 saturated carbocycles. The van der Waals surface area contributed by atoms with Crippen molar-refractivity contribution in [1.82, 2.24) is 4.31 Å². The van der Waals surface area contributed by atoms with E-state index in [2.05, 4.69) is 6.92 Å². The van der Waals surface area contributed by atoms with E-state index >= 15 is 0 Å². The summed E-state index contributed by atoms with van der Waals surface area (Å²) in [4.78, 5) is 0. The fourth-order valence-corrected chi connectivity index (χ4v) is 3.28. The zero-order chi connectivity index (χ0) is 12.3. The Bertz CT molecular complexity index is 374. The second kappa shape index (κ2) is 5.13. The van der Waals surface area contributed by atoms with Crippen LogP contribution in [0.2, 0.25) is 0 Å². The SMILES string of the molecule is CC1CCN(S(=O)(=O)C(C)C#N)CC1CN. The van der Waals surface area contributed by atoms with Crippen molar-refractivity contribution in [3.63, 3.8) is 0 Å². The molecule has 1 fully saturated rings. The van der Waals surface area contributed by atoms with Gasteiger partial charge in [-0.25, -0.2) is 12.7 Å². The molecule has 92 valence electrons. The van der Waals surface area contributed by atoms with Gasteiger partial charge in [-0.1, -0.05) is 6.92 Å². The van der Waals surface area contributed by atoms with E-state index < -0.39 is 15.3 Å². The van der Waals surface area contributed by atoms with Crippen LogP contribution >= 0.6 is 0 Å². The Balaban J connectivity index is 2.81. The van der Waals surface area contributed by atoms with Gasteiger partial charge in [-0.2, -0.15) is 5.26 Å². The molecule has 1 heterocycles. The van der Waals surface area contributed by atoms with Crippen LogP contribution < -0.4 is 5.73 Å². The largest absolute Gasteiger partial charge is 0.330 e. The lowest BCUT2D eigenvalue weighted by molar-refractivity contribution is 0.203. The van der Waals surface area contributed by atoms with E-state index in [1.54, 1.807) is 6.07 Å². The normalized spacial score (nSPS) is 29.6. The van der Waals surface area contributed by atoms with Crippen molar-refractivity contribution < 1.29 is 8.42 Å². The lowest BCUT2D eigenvalue weighted by Gasteiger charge is -2.36. The second-order valence-corrected chi connectivity index (χ2v) is 6.69. The first-order valence-electron chi connectivity index (χ1n) is 5.52. The molecule has 0 aromatic carbocycles. The fourth-order valence-electron chi connectivity index (χ4n) is 1.94.